The Balaban J connectivity index is 1.29. The van der Waals surface area contributed by atoms with Crippen LogP contribution in [0.15, 0.2) is 121 Å². The predicted octanol–water partition coefficient (Wildman–Crippen LogP) is 23.3. The monoisotopic (exact) mass is 1070 g/mol. The lowest BCUT2D eigenvalue weighted by Crippen LogP contribution is -2.27. The normalized spacial score (nSPS) is 14.2. The molecule has 2 nitrogen and oxygen atoms in total. The number of hydrogen-bond donors (Lipinski definition) is 2. The van der Waals surface area contributed by atoms with Crippen molar-refractivity contribution in [1.82, 2.24) is 0 Å². The number of rotatable bonds is 32. The first kappa shape index (κ1) is 59.6. The van der Waals surface area contributed by atoms with Crippen molar-refractivity contribution in [2.24, 2.45) is 0 Å². The van der Waals surface area contributed by atoms with Crippen molar-refractivity contribution in [3.05, 3.63) is 155 Å². The van der Waals surface area contributed by atoms with E-state index >= 15 is 0 Å². The van der Waals surface area contributed by atoms with Crippen LogP contribution in [0.25, 0.3) is 66.1 Å². The first-order valence-corrected chi connectivity index (χ1v) is 32.8. The zero-order chi connectivity index (χ0) is 56.3. The van der Waals surface area contributed by atoms with Gasteiger partial charge in [-0.1, -0.05) is 279 Å². The van der Waals surface area contributed by atoms with Crippen molar-refractivity contribution >= 4 is 21.5 Å². The van der Waals surface area contributed by atoms with Crippen LogP contribution in [-0.2, 0) is 22.0 Å². The van der Waals surface area contributed by atoms with E-state index in [0.717, 1.165) is 36.8 Å². The van der Waals surface area contributed by atoms with Gasteiger partial charge in [-0.05, 0) is 177 Å². The third kappa shape index (κ3) is 12.6. The van der Waals surface area contributed by atoms with E-state index in [9.17, 15) is 10.2 Å². The van der Waals surface area contributed by atoms with Gasteiger partial charge in [0.1, 0.15) is 0 Å². The van der Waals surface area contributed by atoms with Gasteiger partial charge in [0.25, 0.3) is 0 Å². The highest BCUT2D eigenvalue weighted by Gasteiger charge is 2.48. The third-order valence-electron chi connectivity index (χ3n) is 19.4. The fraction of sp³-hybridized carbons (Fsp3) is 0.513. The summed E-state index contributed by atoms with van der Waals surface area (Å²) in [6, 6.07) is 47.2. The topological polar surface area (TPSA) is 40.5 Å². The number of benzene rings is 7. The highest BCUT2D eigenvalue weighted by molar-refractivity contribution is 6.02. The summed E-state index contributed by atoms with van der Waals surface area (Å²) in [7, 11) is 0. The van der Waals surface area contributed by atoms with Crippen LogP contribution in [-0.4, -0.2) is 10.2 Å². The molecule has 0 saturated heterocycles. The van der Waals surface area contributed by atoms with Gasteiger partial charge in [-0.3, -0.25) is 0 Å². The van der Waals surface area contributed by atoms with Gasteiger partial charge in [0.05, 0.1) is 11.2 Å². The molecule has 80 heavy (non-hydrogen) atoms. The highest BCUT2D eigenvalue weighted by atomic mass is 16.3. The summed E-state index contributed by atoms with van der Waals surface area (Å²) in [6.45, 7) is 17.2. The molecule has 9 rings (SSSR count). The molecule has 0 unspecified atom stereocenters. The molecule has 0 aliphatic heterocycles. The number of hydrogen-bond acceptors (Lipinski definition) is 2. The molecular formula is C78H102O2. The van der Waals surface area contributed by atoms with E-state index in [1.807, 2.05) is 27.7 Å². The van der Waals surface area contributed by atoms with E-state index in [4.69, 9.17) is 0 Å². The third-order valence-corrected chi connectivity index (χ3v) is 19.4. The lowest BCUT2D eigenvalue weighted by atomic mass is 9.68. The summed E-state index contributed by atoms with van der Waals surface area (Å²) in [5.74, 6) is 0. The summed E-state index contributed by atoms with van der Waals surface area (Å²) in [6.07, 6.45) is 35.4. The van der Waals surface area contributed by atoms with Crippen LogP contribution >= 0.6 is 0 Å². The van der Waals surface area contributed by atoms with Crippen molar-refractivity contribution < 1.29 is 10.2 Å². The maximum atomic E-state index is 12.0. The van der Waals surface area contributed by atoms with E-state index in [2.05, 4.69) is 149 Å². The molecule has 0 saturated carbocycles. The quantitative estimate of drug-likeness (QED) is 0.0413. The summed E-state index contributed by atoms with van der Waals surface area (Å²) >= 11 is 0. The summed E-state index contributed by atoms with van der Waals surface area (Å²) in [4.78, 5) is 0. The van der Waals surface area contributed by atoms with Crippen LogP contribution in [0, 0.1) is 0 Å². The molecule has 0 radical (unpaired) electrons. The molecule has 0 fully saturated rings. The zero-order valence-corrected chi connectivity index (χ0v) is 51.2. The van der Waals surface area contributed by atoms with Gasteiger partial charge >= 0.3 is 0 Å². The number of aliphatic hydroxyl groups is 2. The minimum absolute atomic E-state index is 0.140. The maximum absolute atomic E-state index is 12.0. The Kier molecular flexibility index (Phi) is 20.1. The van der Waals surface area contributed by atoms with Gasteiger partial charge in [-0.2, -0.15) is 0 Å². The van der Waals surface area contributed by atoms with Gasteiger partial charge in [-0.25, -0.2) is 0 Å². The Bertz CT molecular complexity index is 2910. The van der Waals surface area contributed by atoms with Crippen LogP contribution in [0.2, 0.25) is 0 Å². The smallest absolute Gasteiger partial charge is 0.0846 e. The van der Waals surface area contributed by atoms with Crippen molar-refractivity contribution in [1.29, 1.82) is 0 Å². The second kappa shape index (κ2) is 26.9. The fourth-order valence-corrected chi connectivity index (χ4v) is 15.1. The Hall–Kier alpha value is -5.02. The maximum Gasteiger partial charge on any atom is 0.0846 e. The van der Waals surface area contributed by atoms with Crippen LogP contribution in [0.4, 0.5) is 0 Å². The Morgan fingerprint density at radius 2 is 0.613 bits per heavy atom. The number of unbranched alkanes of at least 4 members (excludes halogenated alkanes) is 20. The zero-order valence-electron chi connectivity index (χ0n) is 51.2. The standard InChI is InChI=1S/C78H102O2/c1-9-13-17-21-25-33-49-77(50-34-26-22-18-14-10-2)69-53-59(73-61-39-31-29-37-57(61)43-47-67(73)75(5,6)79)41-45-63(69)65-56-72-66(55-71(65)77)64-46-42-60(74-62-40-32-30-38-58(62)44-48-68(74)76(7,8)80)54-70(64)78(72,51-35-27-23-19-15-11-3)52-36-28-24-20-16-12-4/h29-32,37-48,53-56,79-80H,9-28,33-36,49-52H2,1-8H3. The Labute approximate surface area is 485 Å². The van der Waals surface area contributed by atoms with Crippen molar-refractivity contribution in [2.75, 3.05) is 0 Å². The minimum Gasteiger partial charge on any atom is -0.386 e. The lowest BCUT2D eigenvalue weighted by Gasteiger charge is -2.35. The van der Waals surface area contributed by atoms with Gasteiger partial charge in [-0.15, -0.1) is 0 Å². The molecular weight excluding hydrogens is 969 g/mol. The number of fused-ring (bicyclic) bond motifs is 8. The van der Waals surface area contributed by atoms with Crippen LogP contribution in [0.5, 0.6) is 0 Å². The van der Waals surface area contributed by atoms with Gasteiger partial charge < -0.3 is 10.2 Å². The molecule has 0 aromatic heterocycles. The molecule has 0 amide bonds. The summed E-state index contributed by atoms with van der Waals surface area (Å²) in [5.41, 5.74) is 16.5. The van der Waals surface area contributed by atoms with E-state index in [1.165, 1.54) is 231 Å². The van der Waals surface area contributed by atoms with Crippen molar-refractivity contribution in [3.8, 4) is 44.5 Å². The first-order chi connectivity index (χ1) is 38.8. The molecule has 426 valence electrons. The largest absolute Gasteiger partial charge is 0.386 e. The first-order valence-electron chi connectivity index (χ1n) is 32.8. The van der Waals surface area contributed by atoms with Crippen molar-refractivity contribution in [3.63, 3.8) is 0 Å². The van der Waals surface area contributed by atoms with E-state index in [0.29, 0.717) is 0 Å². The van der Waals surface area contributed by atoms with Gasteiger partial charge in [0.15, 0.2) is 0 Å². The summed E-state index contributed by atoms with van der Waals surface area (Å²) in [5, 5.41) is 28.8. The van der Waals surface area contributed by atoms with Gasteiger partial charge in [0.2, 0.25) is 0 Å². The molecule has 2 aliphatic carbocycles. The summed E-state index contributed by atoms with van der Waals surface area (Å²) < 4.78 is 0. The molecule has 0 bridgehead atoms. The molecule has 7 aromatic rings. The molecule has 0 spiro atoms. The van der Waals surface area contributed by atoms with Crippen molar-refractivity contribution in [2.45, 2.75) is 257 Å². The molecule has 0 atom stereocenters. The highest BCUT2D eigenvalue weighted by Crippen LogP contribution is 2.62. The van der Waals surface area contributed by atoms with Crippen LogP contribution in [0.1, 0.15) is 269 Å². The lowest BCUT2D eigenvalue weighted by molar-refractivity contribution is 0.0787. The van der Waals surface area contributed by atoms with E-state index in [1.54, 1.807) is 11.1 Å². The Morgan fingerprint density at radius 3 is 0.938 bits per heavy atom. The second-order valence-electron chi connectivity index (χ2n) is 26.2. The van der Waals surface area contributed by atoms with Crippen LogP contribution in [0.3, 0.4) is 0 Å². The van der Waals surface area contributed by atoms with E-state index in [-0.39, 0.29) is 10.8 Å². The SMILES string of the molecule is CCCCCCCCC1(CCCCCCCC)c2cc(-c3c(C(C)(C)O)ccc4ccccc34)ccc2-c2cc3c(cc21)-c1ccc(-c2c(C(C)(C)O)ccc4ccccc24)cc1C3(CCCCCCCC)CCCCCCCC. The molecule has 0 heterocycles. The minimum atomic E-state index is -1.01. The fourth-order valence-electron chi connectivity index (χ4n) is 15.1. The molecule has 2 aliphatic rings. The van der Waals surface area contributed by atoms with E-state index < -0.39 is 11.2 Å². The molecule has 7 aromatic carbocycles. The average Bonchev–Trinajstić information content (AvgIpc) is 3.93. The average molecular weight is 1070 g/mol. The molecule has 2 N–H and O–H groups in total. The second-order valence-corrected chi connectivity index (χ2v) is 26.2. The predicted molar refractivity (Wildman–Crippen MR) is 347 cm³/mol. The molecule has 2 heteroatoms. The van der Waals surface area contributed by atoms with Crippen LogP contribution < -0.4 is 0 Å². The Morgan fingerprint density at radius 1 is 0.312 bits per heavy atom. The van der Waals surface area contributed by atoms with Gasteiger partial charge in [0, 0.05) is 10.8 Å².